The fourth-order valence-corrected chi connectivity index (χ4v) is 4.40. The summed E-state index contributed by atoms with van der Waals surface area (Å²) < 4.78 is 4.92. The maximum atomic E-state index is 11.6. The van der Waals surface area contributed by atoms with E-state index in [1.54, 1.807) is 23.7 Å². The molecule has 164 valence electrons. The smallest absolute Gasteiger partial charge is 0.407 e. The van der Waals surface area contributed by atoms with Crippen molar-refractivity contribution in [3.8, 4) is 11.4 Å². The van der Waals surface area contributed by atoms with Crippen molar-refractivity contribution < 1.29 is 9.53 Å². The molecule has 3 aromatic rings. The van der Waals surface area contributed by atoms with E-state index in [2.05, 4.69) is 27.5 Å². The summed E-state index contributed by atoms with van der Waals surface area (Å²) in [7, 11) is 0. The van der Waals surface area contributed by atoms with Crippen LogP contribution in [-0.2, 0) is 17.7 Å². The van der Waals surface area contributed by atoms with Gasteiger partial charge >= 0.3 is 6.09 Å². The summed E-state index contributed by atoms with van der Waals surface area (Å²) in [6, 6.07) is 3.80. The first-order valence-electron chi connectivity index (χ1n) is 10.4. The highest BCUT2D eigenvalue weighted by Crippen LogP contribution is 2.37. The van der Waals surface area contributed by atoms with Gasteiger partial charge in [-0.25, -0.2) is 14.8 Å². The van der Waals surface area contributed by atoms with E-state index in [-0.39, 0.29) is 6.61 Å². The first-order chi connectivity index (χ1) is 15.3. The largest absolute Gasteiger partial charge is 0.445 e. The molecule has 3 N–H and O–H groups in total. The second kappa shape index (κ2) is 11.4. The Bertz CT molecular complexity index is 1020. The van der Waals surface area contributed by atoms with Gasteiger partial charge in [0.1, 0.15) is 17.3 Å². The predicted molar refractivity (Wildman–Crippen MR) is 125 cm³/mol. The highest BCUT2D eigenvalue weighted by molar-refractivity contribution is 7.19. The molecule has 0 aromatic carbocycles. The van der Waals surface area contributed by atoms with Gasteiger partial charge in [0, 0.05) is 42.5 Å². The zero-order chi connectivity index (χ0) is 22.1. The highest BCUT2D eigenvalue weighted by Gasteiger charge is 2.21. The number of anilines is 1. The van der Waals surface area contributed by atoms with E-state index in [1.165, 1.54) is 16.5 Å². The quantitative estimate of drug-likeness (QED) is 0.380. The van der Waals surface area contributed by atoms with Crippen molar-refractivity contribution in [3.05, 3.63) is 47.6 Å². The Morgan fingerprint density at radius 3 is 2.87 bits per heavy atom. The molecule has 0 radical (unpaired) electrons. The minimum Gasteiger partial charge on any atom is -0.445 e. The normalized spacial score (nSPS) is 12.3. The van der Waals surface area contributed by atoms with E-state index in [4.69, 9.17) is 14.7 Å². The number of carbonyl (C=O) groups is 1. The van der Waals surface area contributed by atoms with Gasteiger partial charge in [-0.3, -0.25) is 4.98 Å². The molecule has 31 heavy (non-hydrogen) atoms. The molecule has 3 aromatic heterocycles. The molecule has 0 fully saturated rings. The van der Waals surface area contributed by atoms with Crippen molar-refractivity contribution in [3.63, 3.8) is 0 Å². The molecule has 1 aliphatic heterocycles. The van der Waals surface area contributed by atoms with Gasteiger partial charge in [0.05, 0.1) is 5.39 Å². The summed E-state index contributed by atoms with van der Waals surface area (Å²) >= 11 is 1.71. The number of pyridine rings is 1. The molecule has 4 heterocycles. The molecule has 0 saturated carbocycles. The second-order valence-corrected chi connectivity index (χ2v) is 7.57. The Morgan fingerprint density at radius 2 is 2.10 bits per heavy atom. The first kappa shape index (κ1) is 22.6. The Balaban J connectivity index is 0.00000132. The topological polar surface area (TPSA) is 101 Å². The van der Waals surface area contributed by atoms with Crippen LogP contribution < -0.4 is 16.0 Å². The number of amides is 1. The number of carbonyl (C=O) groups excluding carboxylic acids is 1. The maximum Gasteiger partial charge on any atom is 0.407 e. The van der Waals surface area contributed by atoms with Crippen LogP contribution in [0.3, 0.4) is 0 Å². The molecule has 9 heteroatoms. The van der Waals surface area contributed by atoms with Gasteiger partial charge in [-0.15, -0.1) is 11.3 Å². The molecule has 0 atom stereocenters. The number of fused-ring (bicyclic) bond motifs is 3. The summed E-state index contributed by atoms with van der Waals surface area (Å²) in [6.07, 6.45) is 5.49. The van der Waals surface area contributed by atoms with Crippen LogP contribution in [-0.4, -0.2) is 47.3 Å². The van der Waals surface area contributed by atoms with Crippen molar-refractivity contribution in [1.29, 1.82) is 0 Å². The van der Waals surface area contributed by atoms with E-state index in [0.29, 0.717) is 18.9 Å². The zero-order valence-corrected chi connectivity index (χ0v) is 18.7. The van der Waals surface area contributed by atoms with Crippen molar-refractivity contribution in [2.45, 2.75) is 26.8 Å². The van der Waals surface area contributed by atoms with Crippen LogP contribution in [0.2, 0.25) is 0 Å². The van der Waals surface area contributed by atoms with Crippen molar-refractivity contribution in [2.24, 2.45) is 0 Å². The Labute approximate surface area is 186 Å². The molecule has 8 nitrogen and oxygen atoms in total. The molecular weight excluding hydrogens is 412 g/mol. The Morgan fingerprint density at radius 1 is 1.29 bits per heavy atom. The summed E-state index contributed by atoms with van der Waals surface area (Å²) in [6.45, 7) is 10.5. The molecule has 0 unspecified atom stereocenters. The highest BCUT2D eigenvalue weighted by atomic mass is 32.1. The zero-order valence-electron chi connectivity index (χ0n) is 17.9. The number of rotatable bonds is 7. The van der Waals surface area contributed by atoms with Gasteiger partial charge < -0.3 is 20.7 Å². The number of aromatic nitrogens is 3. The van der Waals surface area contributed by atoms with Crippen LogP contribution in [0.1, 0.15) is 24.3 Å². The lowest BCUT2D eigenvalue weighted by Crippen LogP contribution is -2.29. The first-order valence-corrected chi connectivity index (χ1v) is 11.3. The van der Waals surface area contributed by atoms with E-state index < -0.39 is 6.09 Å². The van der Waals surface area contributed by atoms with E-state index >= 15 is 0 Å². The van der Waals surface area contributed by atoms with Crippen molar-refractivity contribution in [1.82, 2.24) is 25.6 Å². The Kier molecular flexibility index (Phi) is 8.31. The van der Waals surface area contributed by atoms with E-state index in [0.717, 1.165) is 41.1 Å². The summed E-state index contributed by atoms with van der Waals surface area (Å²) in [5.41, 5.74) is 2.23. The summed E-state index contributed by atoms with van der Waals surface area (Å²) in [5, 5.41) is 10.6. The minimum atomic E-state index is -0.462. The van der Waals surface area contributed by atoms with Gasteiger partial charge in [-0.1, -0.05) is 26.5 Å². The van der Waals surface area contributed by atoms with E-state index in [9.17, 15) is 4.79 Å². The van der Waals surface area contributed by atoms with E-state index in [1.807, 2.05) is 26.0 Å². The molecule has 0 bridgehead atoms. The number of alkyl carbamates (subject to hydrolysis) is 1. The third-order valence-electron chi connectivity index (χ3n) is 4.53. The van der Waals surface area contributed by atoms with Gasteiger partial charge in [0.25, 0.3) is 0 Å². The summed E-state index contributed by atoms with van der Waals surface area (Å²) in [5.74, 6) is 1.45. The van der Waals surface area contributed by atoms with Crippen LogP contribution in [0.15, 0.2) is 37.2 Å². The minimum absolute atomic E-state index is 0.191. The van der Waals surface area contributed by atoms with Gasteiger partial charge in [0.15, 0.2) is 5.82 Å². The fourth-order valence-electron chi connectivity index (χ4n) is 3.22. The third-order valence-corrected chi connectivity index (χ3v) is 5.65. The molecule has 0 saturated heterocycles. The lowest BCUT2D eigenvalue weighted by molar-refractivity contribution is 0.159. The van der Waals surface area contributed by atoms with Gasteiger partial charge in [0.2, 0.25) is 0 Å². The van der Waals surface area contributed by atoms with Crippen LogP contribution >= 0.6 is 11.3 Å². The van der Waals surface area contributed by atoms with Crippen molar-refractivity contribution in [2.75, 3.05) is 31.6 Å². The average Bonchev–Trinajstić information content (AvgIpc) is 3.21. The number of thiophene rings is 1. The second-order valence-electron chi connectivity index (χ2n) is 6.48. The van der Waals surface area contributed by atoms with Crippen LogP contribution in [0.25, 0.3) is 21.6 Å². The predicted octanol–water partition coefficient (Wildman–Crippen LogP) is 3.75. The molecule has 4 rings (SSSR count). The SMILES string of the molecule is C=CCOC(=O)NCCNc1nc(-c2ccncc2)nc2sc3c(c12)CCNC3.CC. The lowest BCUT2D eigenvalue weighted by atomic mass is 10.1. The van der Waals surface area contributed by atoms with Crippen LogP contribution in [0, 0.1) is 0 Å². The Hall–Kier alpha value is -3.04. The molecule has 1 aliphatic rings. The fraction of sp³-hybridized carbons (Fsp3) is 0.364. The van der Waals surface area contributed by atoms with Gasteiger partial charge in [-0.05, 0) is 30.7 Å². The molecular formula is C22H28N6O2S. The number of nitrogens with zero attached hydrogens (tertiary/aromatic N) is 3. The maximum absolute atomic E-state index is 11.6. The van der Waals surface area contributed by atoms with Gasteiger partial charge in [-0.2, -0.15) is 0 Å². The molecule has 0 spiro atoms. The monoisotopic (exact) mass is 440 g/mol. The van der Waals surface area contributed by atoms with Crippen molar-refractivity contribution >= 4 is 33.5 Å². The summed E-state index contributed by atoms with van der Waals surface area (Å²) in [4.78, 5) is 27.5. The number of nitrogens with one attached hydrogen (secondary N) is 3. The number of ether oxygens (including phenoxy) is 1. The molecule has 1 amide bonds. The standard InChI is InChI=1S/C20H22N6O2S.C2H6/c1-2-11-28-20(27)24-10-9-23-18-16-14-5-8-22-12-15(14)29-19(16)26-17(25-18)13-3-6-21-7-4-13;1-2/h2-4,6-7,22H,1,5,8-12H2,(H,24,27)(H,23,25,26);1-2H3. The van der Waals surface area contributed by atoms with Crippen LogP contribution in [0.4, 0.5) is 10.6 Å². The third kappa shape index (κ3) is 5.56. The van der Waals surface area contributed by atoms with Crippen LogP contribution in [0.5, 0.6) is 0 Å². The lowest BCUT2D eigenvalue weighted by Gasteiger charge is -2.14. The number of hydrogen-bond acceptors (Lipinski definition) is 8. The molecule has 0 aliphatic carbocycles. The average molecular weight is 441 g/mol. The number of hydrogen-bond donors (Lipinski definition) is 3.